The molecule has 1 atom stereocenters. The number of rotatable bonds is 2. The second-order valence-electron chi connectivity index (χ2n) is 4.83. The zero-order valence-corrected chi connectivity index (χ0v) is 11.8. The van der Waals surface area contributed by atoms with Gasteiger partial charge in [-0.25, -0.2) is 0 Å². The first-order valence-electron chi connectivity index (χ1n) is 6.44. The summed E-state index contributed by atoms with van der Waals surface area (Å²) in [6, 6.07) is 15.4. The average Bonchev–Trinajstić information content (AvgIpc) is 2.49. The van der Waals surface area contributed by atoms with Gasteiger partial charge in [0.2, 0.25) is 0 Å². The third-order valence-corrected chi connectivity index (χ3v) is 3.88. The molecule has 3 aromatic rings. The number of hydrogen-bond donors (Lipinski definition) is 1. The van der Waals surface area contributed by atoms with Crippen molar-refractivity contribution in [3.63, 3.8) is 0 Å². The molecule has 2 aromatic carbocycles. The maximum absolute atomic E-state index is 10.6. The lowest BCUT2D eigenvalue weighted by Gasteiger charge is -2.14. The fourth-order valence-corrected chi connectivity index (χ4v) is 2.49. The predicted molar refractivity (Wildman–Crippen MR) is 82.0 cm³/mol. The molecule has 0 bridgehead atoms. The summed E-state index contributed by atoms with van der Waals surface area (Å²) in [5.74, 6) is 0. The Morgan fingerprint density at radius 3 is 2.70 bits per heavy atom. The molecular weight excluding hydrogens is 270 g/mol. The van der Waals surface area contributed by atoms with Crippen molar-refractivity contribution in [2.45, 2.75) is 13.0 Å². The number of nitrogens with zero attached hydrogens (tertiary/aromatic N) is 1. The van der Waals surface area contributed by atoms with Crippen LogP contribution in [-0.2, 0) is 0 Å². The molecule has 0 spiro atoms. The highest BCUT2D eigenvalue weighted by Crippen LogP contribution is 2.29. The normalized spacial score (nSPS) is 12.6. The van der Waals surface area contributed by atoms with Crippen LogP contribution in [0.15, 0.2) is 54.7 Å². The van der Waals surface area contributed by atoms with E-state index in [-0.39, 0.29) is 0 Å². The van der Waals surface area contributed by atoms with Crippen molar-refractivity contribution in [2.24, 2.45) is 0 Å². The number of aliphatic hydroxyl groups is 1. The Hall–Kier alpha value is -1.90. The van der Waals surface area contributed by atoms with E-state index in [1.807, 2.05) is 49.4 Å². The largest absolute Gasteiger partial charge is 0.382 e. The van der Waals surface area contributed by atoms with E-state index in [0.29, 0.717) is 10.7 Å². The van der Waals surface area contributed by atoms with Crippen molar-refractivity contribution < 1.29 is 5.11 Å². The first-order valence-corrected chi connectivity index (χ1v) is 6.82. The van der Waals surface area contributed by atoms with Crippen LogP contribution in [0.5, 0.6) is 0 Å². The number of halogens is 1. The maximum Gasteiger partial charge on any atom is 0.122 e. The smallest absolute Gasteiger partial charge is 0.122 e. The van der Waals surface area contributed by atoms with E-state index in [0.717, 1.165) is 21.9 Å². The zero-order chi connectivity index (χ0) is 14.1. The van der Waals surface area contributed by atoms with Gasteiger partial charge < -0.3 is 5.11 Å². The average molecular weight is 284 g/mol. The monoisotopic (exact) mass is 283 g/mol. The molecule has 0 radical (unpaired) electrons. The lowest BCUT2D eigenvalue weighted by molar-refractivity contribution is 0.217. The molecule has 0 aliphatic rings. The van der Waals surface area contributed by atoms with E-state index in [4.69, 9.17) is 11.6 Å². The molecule has 1 heterocycles. The minimum absolute atomic E-state index is 0.654. The minimum Gasteiger partial charge on any atom is -0.382 e. The molecule has 100 valence electrons. The number of hydrogen-bond acceptors (Lipinski definition) is 2. The quantitative estimate of drug-likeness (QED) is 0.761. The van der Waals surface area contributed by atoms with Crippen LogP contribution in [0.3, 0.4) is 0 Å². The Balaban J connectivity index is 2.12. The molecule has 0 fully saturated rings. The maximum atomic E-state index is 10.6. The summed E-state index contributed by atoms with van der Waals surface area (Å²) in [5, 5.41) is 13.3. The van der Waals surface area contributed by atoms with Crippen molar-refractivity contribution in [1.29, 1.82) is 0 Å². The molecular formula is C17H14ClNO. The Labute approximate surface area is 122 Å². The number of pyridine rings is 1. The van der Waals surface area contributed by atoms with E-state index < -0.39 is 6.10 Å². The number of aliphatic hydroxyl groups excluding tert-OH is 1. The number of benzene rings is 2. The fraction of sp³-hybridized carbons (Fsp3) is 0.118. The highest BCUT2D eigenvalue weighted by molar-refractivity contribution is 6.31. The van der Waals surface area contributed by atoms with E-state index in [1.54, 1.807) is 12.3 Å². The van der Waals surface area contributed by atoms with Gasteiger partial charge in [0.05, 0.1) is 5.69 Å². The van der Waals surface area contributed by atoms with Crippen molar-refractivity contribution in [3.05, 3.63) is 76.6 Å². The van der Waals surface area contributed by atoms with Gasteiger partial charge in [-0.3, -0.25) is 4.98 Å². The number of aryl methyl sites for hydroxylation is 1. The van der Waals surface area contributed by atoms with Gasteiger partial charge in [0.25, 0.3) is 0 Å². The molecule has 0 saturated heterocycles. The van der Waals surface area contributed by atoms with E-state index >= 15 is 0 Å². The molecule has 1 unspecified atom stereocenters. The Kier molecular flexibility index (Phi) is 3.43. The van der Waals surface area contributed by atoms with Crippen LogP contribution in [0.1, 0.15) is 22.9 Å². The summed E-state index contributed by atoms with van der Waals surface area (Å²) in [5.41, 5.74) is 2.40. The van der Waals surface area contributed by atoms with Gasteiger partial charge in [-0.2, -0.15) is 0 Å². The number of fused-ring (bicyclic) bond motifs is 1. The summed E-state index contributed by atoms with van der Waals surface area (Å²) in [4.78, 5) is 4.34. The van der Waals surface area contributed by atoms with Gasteiger partial charge in [0.15, 0.2) is 0 Å². The number of aromatic nitrogens is 1. The predicted octanol–water partition coefficient (Wildman–Crippen LogP) is 4.28. The van der Waals surface area contributed by atoms with Crippen LogP contribution in [0.2, 0.25) is 5.02 Å². The molecule has 1 N–H and O–H groups in total. The first-order chi connectivity index (χ1) is 9.66. The summed E-state index contributed by atoms with van der Waals surface area (Å²) in [7, 11) is 0. The van der Waals surface area contributed by atoms with Gasteiger partial charge in [-0.05, 0) is 35.6 Å². The van der Waals surface area contributed by atoms with Crippen molar-refractivity contribution in [2.75, 3.05) is 0 Å². The van der Waals surface area contributed by atoms with Crippen molar-refractivity contribution >= 4 is 22.4 Å². The minimum atomic E-state index is -0.779. The lowest BCUT2D eigenvalue weighted by Crippen LogP contribution is -2.03. The van der Waals surface area contributed by atoms with Crippen LogP contribution < -0.4 is 0 Å². The summed E-state index contributed by atoms with van der Waals surface area (Å²) >= 11 is 6.13. The van der Waals surface area contributed by atoms with Crippen LogP contribution >= 0.6 is 11.6 Å². The van der Waals surface area contributed by atoms with Gasteiger partial charge >= 0.3 is 0 Å². The first kappa shape index (κ1) is 13.1. The lowest BCUT2D eigenvalue weighted by atomic mass is 10.0. The molecule has 0 saturated carbocycles. The van der Waals surface area contributed by atoms with E-state index in [9.17, 15) is 5.11 Å². The Morgan fingerprint density at radius 2 is 1.90 bits per heavy atom. The molecule has 0 amide bonds. The molecule has 3 rings (SSSR count). The third-order valence-electron chi connectivity index (χ3n) is 3.48. The molecule has 2 nitrogen and oxygen atoms in total. The Bertz CT molecular complexity index is 765. The van der Waals surface area contributed by atoms with Crippen LogP contribution in [0.25, 0.3) is 10.8 Å². The van der Waals surface area contributed by atoms with Crippen LogP contribution in [0.4, 0.5) is 0 Å². The van der Waals surface area contributed by atoms with E-state index in [2.05, 4.69) is 4.98 Å². The molecule has 3 heteroatoms. The highest BCUT2D eigenvalue weighted by Gasteiger charge is 2.15. The van der Waals surface area contributed by atoms with Crippen molar-refractivity contribution in [3.8, 4) is 0 Å². The van der Waals surface area contributed by atoms with Gasteiger partial charge in [0, 0.05) is 16.6 Å². The molecule has 20 heavy (non-hydrogen) atoms. The van der Waals surface area contributed by atoms with Gasteiger partial charge in [0.1, 0.15) is 6.10 Å². The topological polar surface area (TPSA) is 33.1 Å². The molecule has 1 aromatic heterocycles. The second kappa shape index (κ2) is 5.23. The van der Waals surface area contributed by atoms with Crippen LogP contribution in [-0.4, -0.2) is 10.1 Å². The summed E-state index contributed by atoms with van der Waals surface area (Å²) in [6.07, 6.45) is 0.940. The van der Waals surface area contributed by atoms with Gasteiger partial charge in [-0.15, -0.1) is 0 Å². The van der Waals surface area contributed by atoms with Crippen LogP contribution in [0, 0.1) is 6.92 Å². The Morgan fingerprint density at radius 1 is 1.10 bits per heavy atom. The zero-order valence-electron chi connectivity index (χ0n) is 11.0. The highest BCUT2D eigenvalue weighted by atomic mass is 35.5. The van der Waals surface area contributed by atoms with E-state index in [1.165, 1.54) is 0 Å². The second-order valence-corrected chi connectivity index (χ2v) is 5.24. The van der Waals surface area contributed by atoms with Crippen molar-refractivity contribution in [1.82, 2.24) is 4.98 Å². The standard InChI is InChI=1S/C17H14ClNO/c1-11-6-7-13(10-15(11)18)17(20)16-14-5-3-2-4-12(14)8-9-19-16/h2-10,17,20H,1H3. The summed E-state index contributed by atoms with van der Waals surface area (Å²) < 4.78 is 0. The SMILES string of the molecule is Cc1ccc(C(O)c2nccc3ccccc23)cc1Cl. The van der Waals surface area contributed by atoms with Gasteiger partial charge in [-0.1, -0.05) is 48.0 Å². The fourth-order valence-electron chi connectivity index (χ4n) is 2.30. The summed E-state index contributed by atoms with van der Waals surface area (Å²) in [6.45, 7) is 1.94. The molecule has 0 aliphatic carbocycles. The third kappa shape index (κ3) is 2.28. The molecule has 0 aliphatic heterocycles.